The van der Waals surface area contributed by atoms with Crippen molar-refractivity contribution in [3.05, 3.63) is 0 Å². The van der Waals surface area contributed by atoms with Crippen LogP contribution in [0.25, 0.3) is 0 Å². The fourth-order valence-electron chi connectivity index (χ4n) is 2.87. The van der Waals surface area contributed by atoms with Crippen molar-refractivity contribution in [1.82, 2.24) is 5.32 Å². The van der Waals surface area contributed by atoms with Crippen LogP contribution < -0.4 is 5.32 Å². The molecule has 2 aliphatic rings. The van der Waals surface area contributed by atoms with Gasteiger partial charge in [0.2, 0.25) is 0 Å². The second-order valence-electron chi connectivity index (χ2n) is 4.53. The minimum Gasteiger partial charge on any atom is -0.395 e. The molecule has 0 aromatic rings. The first kappa shape index (κ1) is 8.52. The van der Waals surface area contributed by atoms with Gasteiger partial charge in [-0.25, -0.2) is 0 Å². The molecule has 2 nitrogen and oxygen atoms in total. The Hall–Kier alpha value is -0.0800. The lowest BCUT2D eigenvalue weighted by molar-refractivity contribution is 0.223. The van der Waals surface area contributed by atoms with Crippen molar-refractivity contribution >= 4 is 0 Å². The number of nitrogens with one attached hydrogen (secondary N) is 1. The van der Waals surface area contributed by atoms with Crippen molar-refractivity contribution in [2.75, 3.05) is 6.61 Å². The van der Waals surface area contributed by atoms with E-state index in [4.69, 9.17) is 5.11 Å². The Kier molecular flexibility index (Phi) is 2.37. The highest BCUT2D eigenvalue weighted by Gasteiger charge is 2.39. The van der Waals surface area contributed by atoms with Gasteiger partial charge in [0.1, 0.15) is 0 Å². The van der Waals surface area contributed by atoms with Gasteiger partial charge in [0.15, 0.2) is 0 Å². The van der Waals surface area contributed by atoms with Crippen LogP contribution in [0.5, 0.6) is 0 Å². The zero-order valence-corrected chi connectivity index (χ0v) is 7.79. The van der Waals surface area contributed by atoms with Crippen LogP contribution in [0.4, 0.5) is 0 Å². The van der Waals surface area contributed by atoms with Crippen LogP contribution in [0.3, 0.4) is 0 Å². The average molecular weight is 169 g/mol. The zero-order chi connectivity index (χ0) is 8.55. The maximum absolute atomic E-state index is 8.90. The van der Waals surface area contributed by atoms with Crippen LogP contribution in [-0.4, -0.2) is 23.8 Å². The standard InChI is InChI=1S/C10H19NO/c1-7(6-12)11-10-5-8-2-3-9(10)4-8/h7-12H,2-6H2,1H3/t7-,8+,9+,10-/m1/s1. The van der Waals surface area contributed by atoms with Crippen LogP contribution in [-0.2, 0) is 0 Å². The topological polar surface area (TPSA) is 32.3 Å². The summed E-state index contributed by atoms with van der Waals surface area (Å²) in [5.74, 6) is 1.92. The zero-order valence-electron chi connectivity index (χ0n) is 7.79. The van der Waals surface area contributed by atoms with Gasteiger partial charge < -0.3 is 10.4 Å². The summed E-state index contributed by atoms with van der Waals surface area (Å²) in [6.07, 6.45) is 5.67. The van der Waals surface area contributed by atoms with E-state index in [9.17, 15) is 0 Å². The van der Waals surface area contributed by atoms with E-state index >= 15 is 0 Å². The number of hydrogen-bond acceptors (Lipinski definition) is 2. The van der Waals surface area contributed by atoms with Gasteiger partial charge in [0.05, 0.1) is 6.61 Å². The Morgan fingerprint density at radius 2 is 2.25 bits per heavy atom. The molecule has 2 bridgehead atoms. The van der Waals surface area contributed by atoms with Gasteiger partial charge in [-0.05, 0) is 38.0 Å². The van der Waals surface area contributed by atoms with Crippen LogP contribution >= 0.6 is 0 Å². The van der Waals surface area contributed by atoms with E-state index in [1.807, 2.05) is 0 Å². The highest BCUT2D eigenvalue weighted by molar-refractivity contribution is 4.94. The van der Waals surface area contributed by atoms with Gasteiger partial charge in [0, 0.05) is 12.1 Å². The Bertz CT molecular complexity index is 160. The van der Waals surface area contributed by atoms with Crippen molar-refractivity contribution in [1.29, 1.82) is 0 Å². The summed E-state index contributed by atoms with van der Waals surface area (Å²) >= 11 is 0. The summed E-state index contributed by atoms with van der Waals surface area (Å²) < 4.78 is 0. The van der Waals surface area contributed by atoms with E-state index in [2.05, 4.69) is 12.2 Å². The van der Waals surface area contributed by atoms with Crippen LogP contribution in [0, 0.1) is 11.8 Å². The lowest BCUT2D eigenvalue weighted by Gasteiger charge is -2.25. The molecule has 0 amide bonds. The van der Waals surface area contributed by atoms with Gasteiger partial charge in [-0.15, -0.1) is 0 Å². The summed E-state index contributed by atoms with van der Waals surface area (Å²) in [7, 11) is 0. The molecule has 4 atom stereocenters. The largest absolute Gasteiger partial charge is 0.395 e. The maximum atomic E-state index is 8.90. The lowest BCUT2D eigenvalue weighted by Crippen LogP contribution is -2.41. The molecule has 70 valence electrons. The third kappa shape index (κ3) is 1.50. The molecule has 2 N–H and O–H groups in total. The Labute approximate surface area is 74.4 Å². The van der Waals surface area contributed by atoms with E-state index in [1.54, 1.807) is 0 Å². The Morgan fingerprint density at radius 3 is 2.75 bits per heavy atom. The summed E-state index contributed by atoms with van der Waals surface area (Å²) in [4.78, 5) is 0. The van der Waals surface area contributed by atoms with E-state index < -0.39 is 0 Å². The van der Waals surface area contributed by atoms with Crippen molar-refractivity contribution < 1.29 is 5.11 Å². The molecule has 0 aromatic carbocycles. The molecule has 0 radical (unpaired) electrons. The lowest BCUT2D eigenvalue weighted by atomic mass is 9.95. The van der Waals surface area contributed by atoms with Gasteiger partial charge in [-0.2, -0.15) is 0 Å². The second-order valence-corrected chi connectivity index (χ2v) is 4.53. The summed E-state index contributed by atoms with van der Waals surface area (Å²) in [5, 5.41) is 12.4. The molecule has 0 aliphatic heterocycles. The van der Waals surface area contributed by atoms with E-state index in [1.165, 1.54) is 25.7 Å². The molecular formula is C10H19NO. The molecule has 0 unspecified atom stereocenters. The second kappa shape index (κ2) is 3.35. The third-order valence-electron chi connectivity index (χ3n) is 3.51. The van der Waals surface area contributed by atoms with Gasteiger partial charge >= 0.3 is 0 Å². The van der Waals surface area contributed by atoms with Gasteiger partial charge in [-0.1, -0.05) is 6.42 Å². The molecule has 0 saturated heterocycles. The van der Waals surface area contributed by atoms with E-state index in [-0.39, 0.29) is 12.6 Å². The molecule has 0 heterocycles. The average Bonchev–Trinajstić information content (AvgIpc) is 2.64. The fourth-order valence-corrected chi connectivity index (χ4v) is 2.87. The predicted molar refractivity (Wildman–Crippen MR) is 48.9 cm³/mol. The summed E-state index contributed by atoms with van der Waals surface area (Å²) in [6, 6.07) is 1.00. The normalized spacial score (nSPS) is 42.0. The quantitative estimate of drug-likeness (QED) is 0.664. The molecular weight excluding hydrogens is 150 g/mol. The van der Waals surface area contributed by atoms with Crippen LogP contribution in [0.15, 0.2) is 0 Å². The van der Waals surface area contributed by atoms with Crippen molar-refractivity contribution in [2.45, 2.75) is 44.7 Å². The molecule has 0 spiro atoms. The highest BCUT2D eigenvalue weighted by atomic mass is 16.3. The minimum atomic E-state index is 0.272. The number of rotatable bonds is 3. The number of aliphatic hydroxyl groups is 1. The first-order valence-corrected chi connectivity index (χ1v) is 5.16. The molecule has 2 saturated carbocycles. The molecule has 2 heteroatoms. The Balaban J connectivity index is 1.82. The minimum absolute atomic E-state index is 0.272. The number of hydrogen-bond donors (Lipinski definition) is 2. The van der Waals surface area contributed by atoms with Crippen LogP contribution in [0.1, 0.15) is 32.6 Å². The van der Waals surface area contributed by atoms with Gasteiger partial charge in [-0.3, -0.25) is 0 Å². The maximum Gasteiger partial charge on any atom is 0.0582 e. The summed E-state index contributed by atoms with van der Waals surface area (Å²) in [6.45, 7) is 2.33. The first-order chi connectivity index (χ1) is 5.79. The molecule has 0 aromatic heterocycles. The van der Waals surface area contributed by atoms with E-state index in [0.717, 1.165) is 11.8 Å². The highest BCUT2D eigenvalue weighted by Crippen LogP contribution is 2.44. The van der Waals surface area contributed by atoms with Crippen LogP contribution in [0.2, 0.25) is 0 Å². The molecule has 2 aliphatic carbocycles. The van der Waals surface area contributed by atoms with Crippen molar-refractivity contribution in [3.63, 3.8) is 0 Å². The SMILES string of the molecule is C[C@H](CO)N[C@@H]1C[C@H]2CC[C@H]1C2. The first-order valence-electron chi connectivity index (χ1n) is 5.16. The van der Waals surface area contributed by atoms with Crippen molar-refractivity contribution in [3.8, 4) is 0 Å². The van der Waals surface area contributed by atoms with Gasteiger partial charge in [0.25, 0.3) is 0 Å². The van der Waals surface area contributed by atoms with E-state index in [0.29, 0.717) is 6.04 Å². The molecule has 2 rings (SSSR count). The molecule has 2 fully saturated rings. The fraction of sp³-hybridized carbons (Fsp3) is 1.00. The Morgan fingerprint density at radius 1 is 1.42 bits per heavy atom. The molecule has 12 heavy (non-hydrogen) atoms. The predicted octanol–water partition coefficient (Wildman–Crippen LogP) is 1.15. The smallest absolute Gasteiger partial charge is 0.0582 e. The monoisotopic (exact) mass is 169 g/mol. The number of aliphatic hydroxyl groups excluding tert-OH is 1. The summed E-state index contributed by atoms with van der Waals surface area (Å²) in [5.41, 5.74) is 0. The third-order valence-corrected chi connectivity index (χ3v) is 3.51. The number of fused-ring (bicyclic) bond motifs is 2. The van der Waals surface area contributed by atoms with Crippen molar-refractivity contribution in [2.24, 2.45) is 11.8 Å².